The Kier molecular flexibility index (Phi) is 17.2. The van der Waals surface area contributed by atoms with Crippen LogP contribution in [0.1, 0.15) is 78.1 Å². The number of phosphoric acid groups is 1. The summed E-state index contributed by atoms with van der Waals surface area (Å²) >= 11 is 0. The van der Waals surface area contributed by atoms with Crippen molar-refractivity contribution < 1.29 is 37.6 Å². The third kappa shape index (κ3) is 17.6. The molecule has 2 atom stereocenters. The number of carbonyl (C=O) groups is 2. The van der Waals surface area contributed by atoms with Crippen LogP contribution >= 0.6 is 7.82 Å². The van der Waals surface area contributed by atoms with Gasteiger partial charge in [-0.3, -0.25) is 18.6 Å². The molecule has 0 radical (unpaired) electrons. The number of nitrogens with two attached hydrogens (primary N) is 1. The fourth-order valence-corrected chi connectivity index (χ4v) is 3.16. The molecule has 0 aromatic carbocycles. The van der Waals surface area contributed by atoms with Gasteiger partial charge in [0.15, 0.2) is 6.10 Å². The van der Waals surface area contributed by atoms with E-state index in [1.807, 2.05) is 0 Å². The fourth-order valence-electron chi connectivity index (χ4n) is 2.39. The number of hydrogen-bond donors (Lipinski definition) is 2. The molecule has 0 aromatic rings. The van der Waals surface area contributed by atoms with Gasteiger partial charge in [-0.05, 0) is 12.8 Å². The van der Waals surface area contributed by atoms with Crippen molar-refractivity contribution >= 4 is 19.8 Å². The summed E-state index contributed by atoms with van der Waals surface area (Å²) in [6.07, 6.45) is 6.98. The molecular formula is C19H38NO8P. The number of rotatable bonds is 19. The van der Waals surface area contributed by atoms with Crippen LogP contribution in [0.5, 0.6) is 0 Å². The first-order valence-electron chi connectivity index (χ1n) is 10.5. The normalized spacial score (nSPS) is 14.2. The second-order valence-corrected chi connectivity index (χ2v) is 8.26. The molecule has 2 unspecified atom stereocenters. The summed E-state index contributed by atoms with van der Waals surface area (Å²) in [4.78, 5) is 33.4. The first-order valence-corrected chi connectivity index (χ1v) is 12.0. The lowest BCUT2D eigenvalue weighted by Crippen LogP contribution is -2.29. The number of hydrogen-bond acceptors (Lipinski definition) is 8. The molecule has 0 rings (SSSR count). The molecule has 0 aromatic heterocycles. The summed E-state index contributed by atoms with van der Waals surface area (Å²) < 4.78 is 31.7. The van der Waals surface area contributed by atoms with Gasteiger partial charge in [-0.1, -0.05) is 52.4 Å². The Morgan fingerprint density at radius 1 is 0.897 bits per heavy atom. The van der Waals surface area contributed by atoms with E-state index in [0.29, 0.717) is 6.42 Å². The average molecular weight is 439 g/mol. The Balaban J connectivity index is 4.51. The third-order valence-electron chi connectivity index (χ3n) is 3.99. The first kappa shape index (κ1) is 28.0. The van der Waals surface area contributed by atoms with Gasteiger partial charge in [0.1, 0.15) is 6.61 Å². The molecule has 0 aliphatic heterocycles. The Morgan fingerprint density at radius 3 is 2.03 bits per heavy atom. The van der Waals surface area contributed by atoms with E-state index >= 15 is 0 Å². The molecule has 0 fully saturated rings. The predicted octanol–water partition coefficient (Wildman–Crippen LogP) is 3.47. The number of unbranched alkanes of at least 4 members (excludes halogenated alkanes) is 6. The van der Waals surface area contributed by atoms with Crippen molar-refractivity contribution in [2.24, 2.45) is 5.73 Å². The molecule has 29 heavy (non-hydrogen) atoms. The lowest BCUT2D eigenvalue weighted by Gasteiger charge is -2.19. The molecule has 0 aliphatic carbocycles. The molecule has 172 valence electrons. The van der Waals surface area contributed by atoms with Gasteiger partial charge in [-0.2, -0.15) is 0 Å². The van der Waals surface area contributed by atoms with E-state index < -0.39 is 32.5 Å². The minimum Gasteiger partial charge on any atom is -0.462 e. The minimum absolute atomic E-state index is 0.0553. The van der Waals surface area contributed by atoms with Crippen LogP contribution < -0.4 is 5.73 Å². The highest BCUT2D eigenvalue weighted by atomic mass is 31.2. The second kappa shape index (κ2) is 17.8. The molecule has 0 aliphatic rings. The maximum absolute atomic E-state index is 12.0. The van der Waals surface area contributed by atoms with Crippen LogP contribution in [-0.2, 0) is 32.7 Å². The van der Waals surface area contributed by atoms with Gasteiger partial charge in [0, 0.05) is 19.4 Å². The van der Waals surface area contributed by atoms with Crippen LogP contribution in [0.15, 0.2) is 0 Å². The van der Waals surface area contributed by atoms with Crippen molar-refractivity contribution in [2.45, 2.75) is 84.2 Å². The number of ether oxygens (including phenoxy) is 2. The number of carbonyl (C=O) groups excluding carboxylic acids is 2. The van der Waals surface area contributed by atoms with E-state index in [9.17, 15) is 19.0 Å². The Hall–Kier alpha value is -0.990. The zero-order chi connectivity index (χ0) is 22.0. The quantitative estimate of drug-likeness (QED) is 0.176. The smallest absolute Gasteiger partial charge is 0.462 e. The van der Waals surface area contributed by atoms with Gasteiger partial charge in [0.25, 0.3) is 0 Å². The standard InChI is InChI=1S/C19H38NO8P/c1-3-5-7-9-11-18(21)25-15-17(16-27-29(23,24)26-14-13-20)28-19(22)12-10-8-6-4-2/h17H,3-16,20H2,1-2H3,(H,23,24). The van der Waals surface area contributed by atoms with Crippen molar-refractivity contribution in [3.63, 3.8) is 0 Å². The summed E-state index contributed by atoms with van der Waals surface area (Å²) in [6.45, 7) is 3.38. The van der Waals surface area contributed by atoms with Crippen molar-refractivity contribution in [2.75, 3.05) is 26.4 Å². The lowest BCUT2D eigenvalue weighted by atomic mass is 10.1. The van der Waals surface area contributed by atoms with E-state index in [0.717, 1.165) is 44.9 Å². The molecule has 10 heteroatoms. The van der Waals surface area contributed by atoms with E-state index in [1.54, 1.807) is 0 Å². The monoisotopic (exact) mass is 439 g/mol. The van der Waals surface area contributed by atoms with Crippen molar-refractivity contribution in [1.29, 1.82) is 0 Å². The fraction of sp³-hybridized carbons (Fsp3) is 0.895. The largest absolute Gasteiger partial charge is 0.472 e. The van der Waals surface area contributed by atoms with Gasteiger partial charge in [0.2, 0.25) is 0 Å². The summed E-state index contributed by atoms with van der Waals surface area (Å²) in [5, 5.41) is 0. The van der Waals surface area contributed by atoms with E-state index in [1.165, 1.54) is 0 Å². The SMILES string of the molecule is CCCCCCC(=O)OCC(COP(=O)(O)OCCN)OC(=O)CCCCCC. The number of esters is 2. The molecule has 0 saturated heterocycles. The van der Waals surface area contributed by atoms with Gasteiger partial charge in [0.05, 0.1) is 13.2 Å². The minimum atomic E-state index is -4.32. The van der Waals surface area contributed by atoms with Gasteiger partial charge in [-0.25, -0.2) is 4.57 Å². The molecule has 0 spiro atoms. The van der Waals surface area contributed by atoms with Crippen molar-refractivity contribution in [3.05, 3.63) is 0 Å². The van der Waals surface area contributed by atoms with Crippen molar-refractivity contribution in [1.82, 2.24) is 0 Å². The summed E-state index contributed by atoms with van der Waals surface area (Å²) in [6, 6.07) is 0. The van der Waals surface area contributed by atoms with Crippen LogP contribution in [0.4, 0.5) is 0 Å². The highest BCUT2D eigenvalue weighted by Crippen LogP contribution is 2.43. The predicted molar refractivity (Wildman–Crippen MR) is 109 cm³/mol. The first-order chi connectivity index (χ1) is 13.8. The van der Waals surface area contributed by atoms with Crippen LogP contribution in [0.2, 0.25) is 0 Å². The van der Waals surface area contributed by atoms with Crippen LogP contribution in [0.3, 0.4) is 0 Å². The maximum atomic E-state index is 12.0. The molecule has 0 bridgehead atoms. The molecule has 0 amide bonds. The zero-order valence-corrected chi connectivity index (χ0v) is 18.7. The molecule has 3 N–H and O–H groups in total. The highest BCUT2D eigenvalue weighted by Gasteiger charge is 2.25. The summed E-state index contributed by atoms with van der Waals surface area (Å²) in [5.41, 5.74) is 5.23. The van der Waals surface area contributed by atoms with Gasteiger partial charge < -0.3 is 20.1 Å². The van der Waals surface area contributed by atoms with Crippen molar-refractivity contribution in [3.8, 4) is 0 Å². The summed E-state index contributed by atoms with van der Waals surface area (Å²) in [5.74, 6) is -0.874. The molecule has 0 heterocycles. The summed E-state index contributed by atoms with van der Waals surface area (Å²) in [7, 11) is -4.32. The molecule has 0 saturated carbocycles. The van der Waals surface area contributed by atoms with E-state index in [2.05, 4.69) is 18.4 Å². The lowest BCUT2D eigenvalue weighted by molar-refractivity contribution is -0.161. The Morgan fingerprint density at radius 2 is 1.48 bits per heavy atom. The molecular weight excluding hydrogens is 401 g/mol. The molecule has 9 nitrogen and oxygen atoms in total. The Bertz CT molecular complexity index is 489. The van der Waals surface area contributed by atoms with Crippen LogP contribution in [-0.4, -0.2) is 49.3 Å². The maximum Gasteiger partial charge on any atom is 0.472 e. The van der Waals surface area contributed by atoms with Crippen LogP contribution in [0, 0.1) is 0 Å². The zero-order valence-electron chi connectivity index (χ0n) is 17.8. The van der Waals surface area contributed by atoms with E-state index in [4.69, 9.17) is 19.7 Å². The topological polar surface area (TPSA) is 134 Å². The van der Waals surface area contributed by atoms with E-state index in [-0.39, 0.29) is 32.6 Å². The Labute approximate surface area is 174 Å². The van der Waals surface area contributed by atoms with Crippen LogP contribution in [0.25, 0.3) is 0 Å². The number of phosphoric ester groups is 1. The average Bonchev–Trinajstić information content (AvgIpc) is 2.69. The van der Waals surface area contributed by atoms with Gasteiger partial charge in [-0.15, -0.1) is 0 Å². The third-order valence-corrected chi connectivity index (χ3v) is 4.98. The highest BCUT2D eigenvalue weighted by molar-refractivity contribution is 7.47. The second-order valence-electron chi connectivity index (χ2n) is 6.80. The van der Waals surface area contributed by atoms with Gasteiger partial charge >= 0.3 is 19.8 Å².